The number of pyridine rings is 1. The average Bonchev–Trinajstić information content (AvgIpc) is 3.48. The number of nitrogens with one attached hydrogen (secondary N) is 2. The normalized spacial score (nSPS) is 11.8. The number of aliphatic hydroxyl groups is 1. The van der Waals surface area contributed by atoms with E-state index in [9.17, 15) is 23.5 Å². The van der Waals surface area contributed by atoms with E-state index in [0.717, 1.165) is 23.5 Å². The van der Waals surface area contributed by atoms with Crippen LogP contribution in [-0.4, -0.2) is 42.7 Å². The van der Waals surface area contributed by atoms with E-state index in [1.165, 1.54) is 19.9 Å². The number of carbonyl (C=O) groups is 2. The number of hydrogen-bond donors (Lipinski definition) is 4. The number of ether oxygens (including phenoxy) is 1. The first-order chi connectivity index (χ1) is 19.6. The summed E-state index contributed by atoms with van der Waals surface area (Å²) in [5.74, 6) is -2.21. The smallest absolute Gasteiger partial charge is 0.407 e. The average molecular weight is 600 g/mol. The maximum absolute atomic E-state index is 15.0. The van der Waals surface area contributed by atoms with Crippen LogP contribution in [0.5, 0.6) is 0 Å². The largest absolute Gasteiger partial charge is 0.444 e. The lowest BCUT2D eigenvalue weighted by Crippen LogP contribution is -2.32. The van der Waals surface area contributed by atoms with Crippen molar-refractivity contribution in [1.82, 2.24) is 25.3 Å². The first-order valence-corrected chi connectivity index (χ1v) is 13.7. The number of aromatic nitrogens is 4. The third kappa shape index (κ3) is 7.64. The summed E-state index contributed by atoms with van der Waals surface area (Å²) in [6.07, 6.45) is 1.09. The van der Waals surface area contributed by atoms with Crippen LogP contribution in [0.15, 0.2) is 42.6 Å². The maximum Gasteiger partial charge on any atom is 0.407 e. The summed E-state index contributed by atoms with van der Waals surface area (Å²) >= 11 is 0.935. The molecule has 1 aromatic carbocycles. The van der Waals surface area contributed by atoms with Crippen LogP contribution >= 0.6 is 11.3 Å². The minimum atomic E-state index is -1.44. The Balaban J connectivity index is 1.50. The quantitative estimate of drug-likeness (QED) is 0.213. The van der Waals surface area contributed by atoms with Crippen molar-refractivity contribution in [2.75, 3.05) is 5.32 Å². The molecule has 0 unspecified atom stereocenters. The third-order valence-electron chi connectivity index (χ3n) is 5.76. The first-order valence-electron chi connectivity index (χ1n) is 12.8. The first kappa shape index (κ1) is 30.5. The van der Waals surface area contributed by atoms with Gasteiger partial charge in [-0.05, 0) is 70.5 Å². The molecule has 14 heteroatoms. The van der Waals surface area contributed by atoms with Gasteiger partial charge in [0.15, 0.2) is 0 Å². The minimum Gasteiger partial charge on any atom is -0.444 e. The van der Waals surface area contributed by atoms with Gasteiger partial charge in [0.1, 0.15) is 33.7 Å². The van der Waals surface area contributed by atoms with Crippen LogP contribution in [0.3, 0.4) is 0 Å². The SMILES string of the molecule is CC(C)(C)OC(=O)NCc1cn(Cc2cccc(Nc3sc(-c4c(F)cc(C(C)(C)O)cc4F)cc3C(N)=O)n2)nn1. The molecule has 0 spiro atoms. The van der Waals surface area contributed by atoms with E-state index in [1.54, 1.807) is 49.8 Å². The fourth-order valence-corrected chi connectivity index (χ4v) is 4.96. The molecule has 222 valence electrons. The van der Waals surface area contributed by atoms with Crippen molar-refractivity contribution >= 4 is 34.2 Å². The fraction of sp³-hybridized carbons (Fsp3) is 0.321. The Hall–Kier alpha value is -4.43. The summed E-state index contributed by atoms with van der Waals surface area (Å²) in [5.41, 5.74) is 4.37. The van der Waals surface area contributed by atoms with Gasteiger partial charge in [-0.25, -0.2) is 23.2 Å². The number of amides is 2. The molecule has 11 nitrogen and oxygen atoms in total. The lowest BCUT2D eigenvalue weighted by atomic mass is 9.96. The molecule has 4 aromatic rings. The van der Waals surface area contributed by atoms with Gasteiger partial charge in [0.05, 0.1) is 41.7 Å². The zero-order valence-corrected chi connectivity index (χ0v) is 24.5. The van der Waals surface area contributed by atoms with Crippen molar-refractivity contribution in [3.05, 3.63) is 76.7 Å². The van der Waals surface area contributed by atoms with Crippen LogP contribution in [0, 0.1) is 11.6 Å². The Morgan fingerprint density at radius 3 is 2.40 bits per heavy atom. The molecule has 0 atom stereocenters. The number of nitrogens with zero attached hydrogens (tertiary/aromatic N) is 4. The van der Waals surface area contributed by atoms with E-state index in [1.807, 2.05) is 0 Å². The molecule has 0 aliphatic carbocycles. The van der Waals surface area contributed by atoms with E-state index in [0.29, 0.717) is 17.2 Å². The van der Waals surface area contributed by atoms with E-state index in [4.69, 9.17) is 10.5 Å². The molecule has 0 bridgehead atoms. The fourth-order valence-electron chi connectivity index (χ4n) is 3.85. The molecule has 4 rings (SSSR count). The number of nitrogens with two attached hydrogens (primary N) is 1. The minimum absolute atomic E-state index is 0.0333. The molecule has 0 saturated heterocycles. The van der Waals surface area contributed by atoms with Gasteiger partial charge in [-0.1, -0.05) is 11.3 Å². The van der Waals surface area contributed by atoms with E-state index >= 15 is 0 Å². The van der Waals surface area contributed by atoms with Crippen molar-refractivity contribution in [2.24, 2.45) is 5.73 Å². The highest BCUT2D eigenvalue weighted by Gasteiger charge is 2.24. The molecule has 42 heavy (non-hydrogen) atoms. The summed E-state index contributed by atoms with van der Waals surface area (Å²) in [5, 5.41) is 24.1. The van der Waals surface area contributed by atoms with Crippen molar-refractivity contribution in [3.63, 3.8) is 0 Å². The summed E-state index contributed by atoms with van der Waals surface area (Å²) in [4.78, 5) is 28.7. The van der Waals surface area contributed by atoms with Gasteiger partial charge in [-0.3, -0.25) is 4.79 Å². The monoisotopic (exact) mass is 599 g/mol. The molecule has 2 amide bonds. The summed E-state index contributed by atoms with van der Waals surface area (Å²) in [6.45, 7) is 8.52. The number of anilines is 2. The molecule has 0 aliphatic heterocycles. The van der Waals surface area contributed by atoms with Crippen LogP contribution in [0.25, 0.3) is 10.4 Å². The van der Waals surface area contributed by atoms with E-state index in [-0.39, 0.29) is 39.7 Å². The highest BCUT2D eigenvalue weighted by molar-refractivity contribution is 7.20. The lowest BCUT2D eigenvalue weighted by Gasteiger charge is -2.19. The molecular weight excluding hydrogens is 568 g/mol. The highest BCUT2D eigenvalue weighted by Crippen LogP contribution is 2.40. The van der Waals surface area contributed by atoms with E-state index < -0.39 is 34.8 Å². The van der Waals surface area contributed by atoms with Crippen molar-refractivity contribution < 1.29 is 28.2 Å². The van der Waals surface area contributed by atoms with Gasteiger partial charge in [0, 0.05) is 4.88 Å². The summed E-state index contributed by atoms with van der Waals surface area (Å²) in [7, 11) is 0. The topological polar surface area (TPSA) is 157 Å². The Morgan fingerprint density at radius 2 is 1.79 bits per heavy atom. The van der Waals surface area contributed by atoms with Gasteiger partial charge >= 0.3 is 6.09 Å². The van der Waals surface area contributed by atoms with Gasteiger partial charge in [-0.2, -0.15) is 0 Å². The van der Waals surface area contributed by atoms with Crippen LogP contribution in [0.1, 0.15) is 61.9 Å². The van der Waals surface area contributed by atoms with Crippen LogP contribution < -0.4 is 16.4 Å². The van der Waals surface area contributed by atoms with Crippen LogP contribution in [0.4, 0.5) is 24.4 Å². The molecule has 0 aliphatic rings. The van der Waals surface area contributed by atoms with Gasteiger partial charge in [-0.15, -0.1) is 16.4 Å². The van der Waals surface area contributed by atoms with Crippen LogP contribution in [0.2, 0.25) is 0 Å². The molecular formula is C28H31F2N7O4S. The number of hydrogen-bond acceptors (Lipinski definition) is 9. The Labute approximate surface area is 244 Å². The number of alkyl carbamates (subject to hydrolysis) is 1. The zero-order chi connectivity index (χ0) is 30.8. The number of rotatable bonds is 9. The zero-order valence-electron chi connectivity index (χ0n) is 23.7. The van der Waals surface area contributed by atoms with Gasteiger partial charge < -0.3 is 26.2 Å². The predicted octanol–water partition coefficient (Wildman–Crippen LogP) is 4.82. The number of primary amides is 1. The number of halogens is 2. The Kier molecular flexibility index (Phi) is 8.59. The summed E-state index contributed by atoms with van der Waals surface area (Å²) < 4.78 is 36.7. The molecule has 3 aromatic heterocycles. The second-order valence-electron chi connectivity index (χ2n) is 11.0. The number of benzene rings is 1. The highest BCUT2D eigenvalue weighted by atomic mass is 32.1. The molecule has 0 saturated carbocycles. The second-order valence-corrected chi connectivity index (χ2v) is 12.0. The Bertz CT molecular complexity index is 1600. The van der Waals surface area contributed by atoms with Crippen molar-refractivity contribution in [2.45, 2.75) is 58.9 Å². The summed E-state index contributed by atoms with van der Waals surface area (Å²) in [6, 6.07) is 8.58. The number of thiophene rings is 1. The van der Waals surface area contributed by atoms with Crippen molar-refractivity contribution in [3.8, 4) is 10.4 Å². The number of carbonyl (C=O) groups excluding carboxylic acids is 2. The molecule has 0 fully saturated rings. The van der Waals surface area contributed by atoms with Crippen molar-refractivity contribution in [1.29, 1.82) is 0 Å². The third-order valence-corrected chi connectivity index (χ3v) is 6.83. The lowest BCUT2D eigenvalue weighted by molar-refractivity contribution is 0.0522. The second kappa shape index (κ2) is 11.8. The molecule has 3 heterocycles. The molecule has 0 radical (unpaired) electrons. The van der Waals surface area contributed by atoms with Gasteiger partial charge in [0.2, 0.25) is 0 Å². The van der Waals surface area contributed by atoms with Crippen LogP contribution in [-0.2, 0) is 23.4 Å². The Morgan fingerprint density at radius 1 is 1.10 bits per heavy atom. The van der Waals surface area contributed by atoms with E-state index in [2.05, 4.69) is 25.9 Å². The standard InChI is InChI=1S/C28H31F2N7O4S/c1-27(2,3)41-26(39)32-12-17-14-37(36-35-17)13-16-7-6-8-22(33-16)34-25-18(24(31)38)11-21(42-25)23-19(29)9-15(10-20(23)30)28(4,5)40/h6-11,14,40H,12-13H2,1-5H3,(H2,31,38)(H,32,39)(H,33,34). The molecule has 5 N–H and O–H groups in total. The van der Waals surface area contributed by atoms with Gasteiger partial charge in [0.25, 0.3) is 5.91 Å². The predicted molar refractivity (Wildman–Crippen MR) is 153 cm³/mol. The maximum atomic E-state index is 15.0.